The molecular formula is C26H19NO2. The number of nitrogens with zero attached hydrogens (tertiary/aromatic N) is 1. The van der Waals surface area contributed by atoms with Crippen LogP contribution in [0.3, 0.4) is 0 Å². The topological polar surface area (TPSA) is 35.1 Å². The predicted octanol–water partition coefficient (Wildman–Crippen LogP) is 5.90. The van der Waals surface area contributed by atoms with Crippen molar-refractivity contribution < 1.29 is 4.42 Å². The number of hydrogen-bond acceptors (Lipinski definition) is 2. The Morgan fingerprint density at radius 2 is 1.31 bits per heavy atom. The van der Waals surface area contributed by atoms with Crippen molar-refractivity contribution >= 4 is 11.0 Å². The Bertz CT molecular complexity index is 1240. The van der Waals surface area contributed by atoms with Gasteiger partial charge in [-0.2, -0.15) is 0 Å². The molecule has 0 aliphatic carbocycles. The number of aromatic nitrogens is 1. The summed E-state index contributed by atoms with van der Waals surface area (Å²) in [5.74, 6) is 0.750. The lowest BCUT2D eigenvalue weighted by molar-refractivity contribution is 0.622. The van der Waals surface area contributed by atoms with Crippen LogP contribution in [-0.2, 0) is 0 Å². The molecule has 0 aliphatic heterocycles. The summed E-state index contributed by atoms with van der Waals surface area (Å²) in [6.45, 7) is 0. The number of furan rings is 1. The van der Waals surface area contributed by atoms with E-state index >= 15 is 0 Å². The molecule has 29 heavy (non-hydrogen) atoms. The van der Waals surface area contributed by atoms with E-state index in [0.29, 0.717) is 0 Å². The number of benzene rings is 3. The summed E-state index contributed by atoms with van der Waals surface area (Å²) in [5, 5.41) is 1.04. The van der Waals surface area contributed by atoms with Crippen LogP contribution in [0.1, 0.15) is 17.2 Å². The minimum atomic E-state index is -0.214. The molecule has 140 valence electrons. The largest absolute Gasteiger partial charge is 0.456 e. The summed E-state index contributed by atoms with van der Waals surface area (Å²) >= 11 is 0. The molecule has 3 aromatic carbocycles. The second-order valence-corrected chi connectivity index (χ2v) is 7.04. The van der Waals surface area contributed by atoms with Gasteiger partial charge in [0.25, 0.3) is 5.56 Å². The lowest BCUT2D eigenvalue weighted by Crippen LogP contribution is -2.25. The van der Waals surface area contributed by atoms with Crippen molar-refractivity contribution in [2.24, 2.45) is 0 Å². The zero-order valence-electron chi connectivity index (χ0n) is 15.7. The molecule has 3 nitrogen and oxygen atoms in total. The highest BCUT2D eigenvalue weighted by Crippen LogP contribution is 2.30. The second kappa shape index (κ2) is 7.28. The van der Waals surface area contributed by atoms with Crippen LogP contribution in [-0.4, -0.2) is 4.57 Å². The molecule has 0 atom stereocenters. The quantitative estimate of drug-likeness (QED) is 0.391. The van der Waals surface area contributed by atoms with Gasteiger partial charge >= 0.3 is 0 Å². The standard InChI is InChI=1S/C26H19NO2/c28-25-16-15-22(24-17-21-13-7-8-14-23(21)29-24)18-27(25)26(19-9-3-1-4-10-19)20-11-5-2-6-12-20/h1-18,26H. The normalized spacial score (nSPS) is 11.2. The second-order valence-electron chi connectivity index (χ2n) is 7.04. The van der Waals surface area contributed by atoms with E-state index in [2.05, 4.69) is 24.3 Å². The van der Waals surface area contributed by atoms with E-state index in [4.69, 9.17) is 4.42 Å². The van der Waals surface area contributed by atoms with E-state index in [-0.39, 0.29) is 11.6 Å². The molecular weight excluding hydrogens is 358 g/mol. The summed E-state index contributed by atoms with van der Waals surface area (Å²) in [4.78, 5) is 12.9. The fraction of sp³-hybridized carbons (Fsp3) is 0.0385. The van der Waals surface area contributed by atoms with Crippen molar-refractivity contribution in [3.8, 4) is 11.3 Å². The third-order valence-corrected chi connectivity index (χ3v) is 5.16. The van der Waals surface area contributed by atoms with Crippen LogP contribution in [0, 0.1) is 0 Å². The summed E-state index contributed by atoms with van der Waals surface area (Å²) in [7, 11) is 0. The van der Waals surface area contributed by atoms with Crippen LogP contribution in [0.5, 0.6) is 0 Å². The number of pyridine rings is 1. The fourth-order valence-corrected chi connectivity index (χ4v) is 3.76. The third kappa shape index (κ3) is 3.27. The van der Waals surface area contributed by atoms with Gasteiger partial charge in [-0.25, -0.2) is 0 Å². The van der Waals surface area contributed by atoms with E-state index in [0.717, 1.165) is 33.4 Å². The predicted molar refractivity (Wildman–Crippen MR) is 116 cm³/mol. The highest BCUT2D eigenvalue weighted by atomic mass is 16.3. The Morgan fingerprint density at radius 1 is 0.690 bits per heavy atom. The van der Waals surface area contributed by atoms with Gasteiger partial charge in [0.2, 0.25) is 0 Å². The Morgan fingerprint density at radius 3 is 1.97 bits per heavy atom. The molecule has 0 N–H and O–H groups in total. The number of hydrogen-bond donors (Lipinski definition) is 0. The van der Waals surface area contributed by atoms with Crippen LogP contribution in [0.15, 0.2) is 119 Å². The minimum absolute atomic E-state index is 0.0532. The third-order valence-electron chi connectivity index (χ3n) is 5.16. The summed E-state index contributed by atoms with van der Waals surface area (Å²) in [6.07, 6.45) is 1.89. The SMILES string of the molecule is O=c1ccc(-c2cc3ccccc3o2)cn1C(c1ccccc1)c1ccccc1. The zero-order chi connectivity index (χ0) is 19.6. The highest BCUT2D eigenvalue weighted by molar-refractivity contribution is 5.82. The maximum absolute atomic E-state index is 12.9. The zero-order valence-corrected chi connectivity index (χ0v) is 15.7. The molecule has 0 spiro atoms. The van der Waals surface area contributed by atoms with Gasteiger partial charge in [0.05, 0.1) is 6.04 Å². The Labute approximate surface area is 168 Å². The fourth-order valence-electron chi connectivity index (χ4n) is 3.76. The molecule has 0 radical (unpaired) electrons. The van der Waals surface area contributed by atoms with Gasteiger partial charge in [-0.1, -0.05) is 78.9 Å². The lowest BCUT2D eigenvalue weighted by Gasteiger charge is -2.21. The van der Waals surface area contributed by atoms with Gasteiger partial charge in [0, 0.05) is 23.2 Å². The smallest absolute Gasteiger partial charge is 0.251 e. The van der Waals surface area contributed by atoms with Crippen molar-refractivity contribution in [3.05, 3.63) is 131 Å². The van der Waals surface area contributed by atoms with Crippen molar-refractivity contribution in [3.63, 3.8) is 0 Å². The molecule has 0 bridgehead atoms. The molecule has 0 aliphatic rings. The van der Waals surface area contributed by atoms with E-state index in [9.17, 15) is 4.79 Å². The van der Waals surface area contributed by atoms with E-state index < -0.39 is 0 Å². The Kier molecular flexibility index (Phi) is 4.34. The molecule has 0 saturated heterocycles. The molecule has 0 saturated carbocycles. The van der Waals surface area contributed by atoms with Gasteiger partial charge in [0.1, 0.15) is 11.3 Å². The van der Waals surface area contributed by atoms with E-state index in [1.807, 2.05) is 79.0 Å². The Balaban J connectivity index is 1.68. The van der Waals surface area contributed by atoms with Crippen LogP contribution in [0.2, 0.25) is 0 Å². The molecule has 5 rings (SSSR count). The first-order valence-corrected chi connectivity index (χ1v) is 9.61. The monoisotopic (exact) mass is 377 g/mol. The molecule has 0 amide bonds. The van der Waals surface area contributed by atoms with Gasteiger partial charge < -0.3 is 8.98 Å². The van der Waals surface area contributed by atoms with Gasteiger partial charge in [0.15, 0.2) is 0 Å². The number of para-hydroxylation sites is 1. The Hall–Kier alpha value is -3.85. The van der Waals surface area contributed by atoms with E-state index in [1.54, 1.807) is 10.6 Å². The first-order valence-electron chi connectivity index (χ1n) is 9.61. The molecule has 3 heteroatoms. The summed E-state index contributed by atoms with van der Waals surface area (Å²) in [5.41, 5.74) is 3.77. The van der Waals surface area contributed by atoms with Crippen molar-refractivity contribution in [2.45, 2.75) is 6.04 Å². The number of fused-ring (bicyclic) bond motifs is 1. The highest BCUT2D eigenvalue weighted by Gasteiger charge is 2.18. The van der Waals surface area contributed by atoms with Crippen LogP contribution in [0.25, 0.3) is 22.3 Å². The van der Waals surface area contributed by atoms with Crippen LogP contribution < -0.4 is 5.56 Å². The molecule has 5 aromatic rings. The van der Waals surface area contributed by atoms with Crippen LogP contribution in [0.4, 0.5) is 0 Å². The van der Waals surface area contributed by atoms with Gasteiger partial charge in [-0.3, -0.25) is 4.79 Å². The molecule has 0 fully saturated rings. The van der Waals surface area contributed by atoms with Crippen LogP contribution >= 0.6 is 0 Å². The molecule has 2 aromatic heterocycles. The maximum Gasteiger partial charge on any atom is 0.251 e. The van der Waals surface area contributed by atoms with E-state index in [1.165, 1.54) is 0 Å². The lowest BCUT2D eigenvalue weighted by atomic mass is 9.98. The van der Waals surface area contributed by atoms with Crippen molar-refractivity contribution in [1.82, 2.24) is 4.57 Å². The number of rotatable bonds is 4. The average molecular weight is 377 g/mol. The first kappa shape index (κ1) is 17.3. The maximum atomic E-state index is 12.9. The van der Waals surface area contributed by atoms with Gasteiger partial charge in [-0.15, -0.1) is 0 Å². The minimum Gasteiger partial charge on any atom is -0.456 e. The molecule has 0 unspecified atom stereocenters. The van der Waals surface area contributed by atoms with Crippen molar-refractivity contribution in [1.29, 1.82) is 0 Å². The average Bonchev–Trinajstić information content (AvgIpc) is 3.21. The summed E-state index contributed by atoms with van der Waals surface area (Å²) in [6, 6.07) is 33.3. The molecule has 2 heterocycles. The van der Waals surface area contributed by atoms with Gasteiger partial charge in [-0.05, 0) is 29.3 Å². The summed E-state index contributed by atoms with van der Waals surface area (Å²) < 4.78 is 7.81. The first-order chi connectivity index (χ1) is 14.3. The van der Waals surface area contributed by atoms with Crippen molar-refractivity contribution in [2.75, 3.05) is 0 Å².